The fraction of sp³-hybridized carbons (Fsp3) is 1.00. The van der Waals surface area contributed by atoms with Crippen LogP contribution < -0.4 is 10.5 Å². The van der Waals surface area contributed by atoms with Crippen molar-refractivity contribution in [2.24, 2.45) is 0 Å². The van der Waals surface area contributed by atoms with E-state index in [0.29, 0.717) is 0 Å². The molecule has 0 radical (unpaired) electrons. The molecule has 0 aliphatic carbocycles. The zero-order valence-electron chi connectivity index (χ0n) is 4.34. The third kappa shape index (κ3) is 5.93. The minimum Gasteiger partial charge on any atom is -0.276 e. The molecular weight excluding hydrogens is 137 g/mol. The highest BCUT2D eigenvalue weighted by atomic mass is 28.2. The first kappa shape index (κ1) is 7.93. The van der Waals surface area contributed by atoms with Crippen molar-refractivity contribution in [3.63, 3.8) is 0 Å². The molecule has 50 valence electrons. The molecule has 0 saturated carbocycles. The van der Waals surface area contributed by atoms with Crippen LogP contribution in [0.3, 0.4) is 0 Å². The molecule has 0 atom stereocenters. The average molecular weight is 144 g/mol. The minimum absolute atomic E-state index is 1.42. The molecule has 2 N–H and O–H groups in total. The van der Waals surface area contributed by atoms with Gasteiger partial charge in [0.05, 0.1) is 0 Å². The van der Waals surface area contributed by atoms with Gasteiger partial charge in [0.25, 0.3) is 0 Å². The quantitative estimate of drug-likeness (QED) is 0.396. The van der Waals surface area contributed by atoms with Crippen LogP contribution >= 0.6 is 0 Å². The Morgan fingerprint density at radius 1 is 1.38 bits per heavy atom. The first-order valence-corrected chi connectivity index (χ1v) is 3.44. The second-order valence-corrected chi connectivity index (χ2v) is 2.73. The van der Waals surface area contributed by atoms with E-state index in [1.165, 1.54) is 7.05 Å². The standard InChI is InChI=1S/C2H7F3N2Si/c1-6-7-8-2(3,4)5/h6-7H,8H2,1H3. The normalized spacial score (nSPS) is 13.5. The van der Waals surface area contributed by atoms with Crippen LogP contribution in [0.1, 0.15) is 0 Å². The van der Waals surface area contributed by atoms with Crippen LogP contribution in [-0.2, 0) is 0 Å². The summed E-state index contributed by atoms with van der Waals surface area (Å²) in [5, 5.41) is 2.05. The van der Waals surface area contributed by atoms with E-state index >= 15 is 0 Å². The van der Waals surface area contributed by atoms with Gasteiger partial charge in [-0.15, -0.1) is 0 Å². The Morgan fingerprint density at radius 2 is 1.88 bits per heavy atom. The summed E-state index contributed by atoms with van der Waals surface area (Å²) in [6, 6.07) is 0. The van der Waals surface area contributed by atoms with E-state index in [4.69, 9.17) is 0 Å². The summed E-state index contributed by atoms with van der Waals surface area (Å²) in [4.78, 5) is 0. The number of halogens is 3. The monoisotopic (exact) mass is 144 g/mol. The summed E-state index contributed by atoms with van der Waals surface area (Å²) >= 11 is 0. The Kier molecular flexibility index (Phi) is 3.03. The SMILES string of the molecule is CNN[SiH2]C(F)(F)F. The number of nitrogens with one attached hydrogen (secondary N) is 2. The molecule has 0 heterocycles. The Bertz CT molecular complexity index is 62.8. The predicted octanol–water partition coefficient (Wildman–Crippen LogP) is -0.686. The van der Waals surface area contributed by atoms with E-state index in [-0.39, 0.29) is 0 Å². The summed E-state index contributed by atoms with van der Waals surface area (Å²) in [6.07, 6.45) is 0. The molecule has 0 fully saturated rings. The molecule has 0 bridgehead atoms. The number of alkyl halides is 3. The Hall–Kier alpha value is -0.0731. The fourth-order valence-electron chi connectivity index (χ4n) is 0.189. The molecular formula is C2H7F3N2Si. The van der Waals surface area contributed by atoms with E-state index in [1.807, 2.05) is 0 Å². The molecule has 6 heteroatoms. The van der Waals surface area contributed by atoms with Gasteiger partial charge in [0.15, 0.2) is 0 Å². The van der Waals surface area contributed by atoms with Crippen LogP contribution in [0.25, 0.3) is 0 Å². The summed E-state index contributed by atoms with van der Waals surface area (Å²) in [6.45, 7) is 0. The zero-order chi connectivity index (χ0) is 6.62. The maximum absolute atomic E-state index is 11.2. The summed E-state index contributed by atoms with van der Waals surface area (Å²) in [7, 11) is -0.696. The van der Waals surface area contributed by atoms with Gasteiger partial charge in [-0.05, 0) is 7.05 Å². The van der Waals surface area contributed by atoms with Gasteiger partial charge in [0.2, 0.25) is 9.68 Å². The second kappa shape index (κ2) is 3.05. The molecule has 0 aliphatic heterocycles. The van der Waals surface area contributed by atoms with Gasteiger partial charge >= 0.3 is 5.80 Å². The molecule has 2 nitrogen and oxygen atoms in total. The van der Waals surface area contributed by atoms with Gasteiger partial charge in [-0.1, -0.05) is 0 Å². The molecule has 0 aromatic heterocycles. The van der Waals surface area contributed by atoms with Crippen LogP contribution in [0.15, 0.2) is 0 Å². The molecule has 0 aromatic carbocycles. The van der Waals surface area contributed by atoms with Crippen LogP contribution in [0.4, 0.5) is 13.2 Å². The van der Waals surface area contributed by atoms with E-state index in [2.05, 4.69) is 10.5 Å². The van der Waals surface area contributed by atoms with Crippen molar-refractivity contribution in [3.8, 4) is 0 Å². The molecule has 0 aromatic rings. The van der Waals surface area contributed by atoms with Crippen molar-refractivity contribution in [1.29, 1.82) is 0 Å². The highest BCUT2D eigenvalue weighted by Crippen LogP contribution is 2.09. The van der Waals surface area contributed by atoms with Gasteiger partial charge in [-0.3, -0.25) is 10.5 Å². The number of hydrogen-bond acceptors (Lipinski definition) is 2. The van der Waals surface area contributed by atoms with E-state index in [1.54, 1.807) is 0 Å². The Labute approximate surface area is 47.3 Å². The highest BCUT2D eigenvalue weighted by molar-refractivity contribution is 6.34. The number of rotatable bonds is 2. The van der Waals surface area contributed by atoms with E-state index in [0.717, 1.165) is 0 Å². The average Bonchev–Trinajstić information content (AvgIpc) is 1.59. The van der Waals surface area contributed by atoms with E-state index < -0.39 is 15.5 Å². The van der Waals surface area contributed by atoms with Gasteiger partial charge < -0.3 is 0 Å². The smallest absolute Gasteiger partial charge is 0.276 e. The van der Waals surface area contributed by atoms with Gasteiger partial charge in [-0.2, -0.15) is 13.2 Å². The van der Waals surface area contributed by atoms with Crippen molar-refractivity contribution in [2.45, 2.75) is 5.80 Å². The first-order chi connectivity index (χ1) is 3.56. The largest absolute Gasteiger partial charge is 0.371 e. The van der Waals surface area contributed by atoms with Crippen LogP contribution in [0, 0.1) is 0 Å². The van der Waals surface area contributed by atoms with Crippen molar-refractivity contribution in [3.05, 3.63) is 0 Å². The predicted molar refractivity (Wildman–Crippen MR) is 26.8 cm³/mol. The van der Waals surface area contributed by atoms with Crippen LogP contribution in [-0.4, -0.2) is 22.5 Å². The summed E-state index contributed by atoms with van der Waals surface area (Å²) in [5.74, 6) is -3.98. The van der Waals surface area contributed by atoms with Gasteiger partial charge in [0, 0.05) is 0 Å². The van der Waals surface area contributed by atoms with E-state index in [9.17, 15) is 13.2 Å². The lowest BCUT2D eigenvalue weighted by molar-refractivity contribution is -0.0489. The number of hydrazine groups is 1. The van der Waals surface area contributed by atoms with Crippen molar-refractivity contribution >= 4 is 9.68 Å². The Morgan fingerprint density at radius 3 is 2.00 bits per heavy atom. The minimum atomic E-state index is -3.98. The lowest BCUT2D eigenvalue weighted by Gasteiger charge is -2.04. The molecule has 0 aliphatic rings. The lowest BCUT2D eigenvalue weighted by atomic mass is 11.5. The maximum Gasteiger partial charge on any atom is 0.371 e. The molecule has 8 heavy (non-hydrogen) atoms. The summed E-state index contributed by atoms with van der Waals surface area (Å²) < 4.78 is 33.6. The van der Waals surface area contributed by atoms with Crippen molar-refractivity contribution in [2.75, 3.05) is 7.05 Å². The summed E-state index contributed by atoms with van der Waals surface area (Å²) in [5.41, 5.74) is 2.22. The van der Waals surface area contributed by atoms with Crippen molar-refractivity contribution < 1.29 is 13.2 Å². The molecule has 0 spiro atoms. The second-order valence-electron chi connectivity index (χ2n) is 1.22. The lowest BCUT2D eigenvalue weighted by Crippen LogP contribution is -2.40. The molecule has 0 saturated heterocycles. The van der Waals surface area contributed by atoms with Crippen LogP contribution in [0.5, 0.6) is 0 Å². The van der Waals surface area contributed by atoms with Gasteiger partial charge in [0.1, 0.15) is 0 Å². The first-order valence-electron chi connectivity index (χ1n) is 2.02. The zero-order valence-corrected chi connectivity index (χ0v) is 5.76. The van der Waals surface area contributed by atoms with Crippen LogP contribution in [0.2, 0.25) is 0 Å². The number of hydrogen-bond donors (Lipinski definition) is 2. The Balaban J connectivity index is 3.11. The molecule has 0 unspecified atom stereocenters. The van der Waals surface area contributed by atoms with Gasteiger partial charge in [-0.25, -0.2) is 0 Å². The topological polar surface area (TPSA) is 24.1 Å². The fourth-order valence-corrected chi connectivity index (χ4v) is 0.566. The highest BCUT2D eigenvalue weighted by Gasteiger charge is 2.26. The third-order valence-electron chi connectivity index (χ3n) is 0.466. The van der Waals surface area contributed by atoms with Crippen molar-refractivity contribution in [1.82, 2.24) is 10.5 Å². The maximum atomic E-state index is 11.2. The molecule has 0 rings (SSSR count). The molecule has 0 amide bonds. The third-order valence-corrected chi connectivity index (χ3v) is 1.40.